The largest absolute Gasteiger partial charge is 0.361 e. The summed E-state index contributed by atoms with van der Waals surface area (Å²) in [6, 6.07) is 1.98. The summed E-state index contributed by atoms with van der Waals surface area (Å²) in [4.78, 5) is 0. The van der Waals surface area contributed by atoms with Gasteiger partial charge in [-0.05, 0) is 38.6 Å². The summed E-state index contributed by atoms with van der Waals surface area (Å²) in [7, 11) is 0. The van der Waals surface area contributed by atoms with Gasteiger partial charge in [-0.1, -0.05) is 17.3 Å². The van der Waals surface area contributed by atoms with Gasteiger partial charge in [-0.25, -0.2) is 0 Å². The highest BCUT2D eigenvalue weighted by Crippen LogP contribution is 2.16. The molecule has 0 radical (unpaired) electrons. The van der Waals surface area contributed by atoms with E-state index in [4.69, 9.17) is 4.52 Å². The molecule has 0 bridgehead atoms. The van der Waals surface area contributed by atoms with Gasteiger partial charge in [0.15, 0.2) is 0 Å². The smallest absolute Gasteiger partial charge is 0.133 e. The van der Waals surface area contributed by atoms with Gasteiger partial charge in [0.2, 0.25) is 0 Å². The van der Waals surface area contributed by atoms with Crippen LogP contribution in [0.4, 0.5) is 0 Å². The third-order valence-electron chi connectivity index (χ3n) is 2.79. The number of hydrogen-bond donors (Lipinski definition) is 1. The van der Waals surface area contributed by atoms with Crippen molar-refractivity contribution in [2.45, 2.75) is 32.7 Å². The minimum absolute atomic E-state index is 0.794. The van der Waals surface area contributed by atoms with Crippen LogP contribution in [0.5, 0.6) is 0 Å². The number of nitrogens with zero attached hydrogens (tertiary/aromatic N) is 1. The maximum absolute atomic E-state index is 5.01. The van der Waals surface area contributed by atoms with E-state index >= 15 is 0 Å². The number of nitrogens with one attached hydrogen (secondary N) is 1. The molecule has 1 aliphatic carbocycles. The predicted octanol–water partition coefficient (Wildman–Crippen LogP) is 2.43. The molecule has 0 aromatic carbocycles. The molecule has 1 atom stereocenters. The number of rotatable bonds is 4. The third-order valence-corrected chi connectivity index (χ3v) is 2.79. The topological polar surface area (TPSA) is 38.1 Å². The number of aryl methyl sites for hydroxylation is 1. The summed E-state index contributed by atoms with van der Waals surface area (Å²) in [5.74, 6) is 1.68. The highest BCUT2D eigenvalue weighted by Gasteiger charge is 2.09. The lowest BCUT2D eigenvalue weighted by Crippen LogP contribution is -2.23. The molecule has 1 N–H and O–H groups in total. The zero-order valence-corrected chi connectivity index (χ0v) is 9.20. The summed E-state index contributed by atoms with van der Waals surface area (Å²) in [5, 5.41) is 7.38. The van der Waals surface area contributed by atoms with Crippen molar-refractivity contribution in [1.82, 2.24) is 10.5 Å². The Balaban J connectivity index is 1.68. The highest BCUT2D eigenvalue weighted by atomic mass is 16.5. The number of hydrogen-bond acceptors (Lipinski definition) is 3. The molecule has 0 fully saturated rings. The van der Waals surface area contributed by atoms with E-state index in [0.717, 1.165) is 30.5 Å². The molecule has 0 saturated heterocycles. The molecular formula is C12H18N2O. The van der Waals surface area contributed by atoms with E-state index < -0.39 is 0 Å². The van der Waals surface area contributed by atoms with Crippen molar-refractivity contribution < 1.29 is 4.52 Å². The molecular weight excluding hydrogens is 188 g/mol. The van der Waals surface area contributed by atoms with Crippen LogP contribution in [0.2, 0.25) is 0 Å². The van der Waals surface area contributed by atoms with Crippen LogP contribution in [-0.4, -0.2) is 11.7 Å². The van der Waals surface area contributed by atoms with E-state index in [9.17, 15) is 0 Å². The van der Waals surface area contributed by atoms with Crippen LogP contribution < -0.4 is 5.32 Å². The predicted molar refractivity (Wildman–Crippen MR) is 59.4 cm³/mol. The van der Waals surface area contributed by atoms with E-state index in [2.05, 4.69) is 22.6 Å². The molecule has 1 heterocycles. The van der Waals surface area contributed by atoms with E-state index in [1.807, 2.05) is 13.0 Å². The molecule has 1 aliphatic rings. The van der Waals surface area contributed by atoms with Crippen molar-refractivity contribution in [2.75, 3.05) is 6.54 Å². The Labute approximate surface area is 90.5 Å². The number of aromatic nitrogens is 1. The zero-order chi connectivity index (χ0) is 10.5. The molecule has 82 valence electrons. The van der Waals surface area contributed by atoms with E-state index in [1.165, 1.54) is 19.3 Å². The van der Waals surface area contributed by atoms with Gasteiger partial charge in [0.1, 0.15) is 5.76 Å². The molecule has 1 aromatic heterocycles. The van der Waals surface area contributed by atoms with Crippen LogP contribution in [0.15, 0.2) is 22.7 Å². The first-order valence-electron chi connectivity index (χ1n) is 5.62. The van der Waals surface area contributed by atoms with Crippen LogP contribution in [0.25, 0.3) is 0 Å². The van der Waals surface area contributed by atoms with E-state index in [-0.39, 0.29) is 0 Å². The summed E-state index contributed by atoms with van der Waals surface area (Å²) in [5.41, 5.74) is 0.999. The molecule has 0 saturated carbocycles. The van der Waals surface area contributed by atoms with Crippen molar-refractivity contribution in [2.24, 2.45) is 5.92 Å². The van der Waals surface area contributed by atoms with Gasteiger partial charge in [-0.3, -0.25) is 0 Å². The number of allylic oxidation sites excluding steroid dienone is 2. The molecule has 1 aromatic rings. The van der Waals surface area contributed by atoms with Crippen LogP contribution in [0, 0.1) is 12.8 Å². The van der Waals surface area contributed by atoms with Crippen molar-refractivity contribution in [3.05, 3.63) is 29.7 Å². The first-order valence-corrected chi connectivity index (χ1v) is 5.62. The molecule has 1 unspecified atom stereocenters. The fourth-order valence-electron chi connectivity index (χ4n) is 1.95. The maximum atomic E-state index is 5.01. The molecule has 2 rings (SSSR count). The third kappa shape index (κ3) is 3.20. The van der Waals surface area contributed by atoms with Crippen LogP contribution in [-0.2, 0) is 6.54 Å². The monoisotopic (exact) mass is 206 g/mol. The lowest BCUT2D eigenvalue weighted by atomic mass is 9.94. The first-order chi connectivity index (χ1) is 7.34. The summed E-state index contributed by atoms with van der Waals surface area (Å²) in [6.45, 7) is 3.82. The second kappa shape index (κ2) is 5.12. The summed E-state index contributed by atoms with van der Waals surface area (Å²) in [6.07, 6.45) is 8.31. The van der Waals surface area contributed by atoms with Gasteiger partial charge in [-0.2, -0.15) is 0 Å². The van der Waals surface area contributed by atoms with E-state index in [0.29, 0.717) is 0 Å². The van der Waals surface area contributed by atoms with Gasteiger partial charge in [0.25, 0.3) is 0 Å². The average Bonchev–Trinajstić information content (AvgIpc) is 2.66. The molecule has 0 aliphatic heterocycles. The highest BCUT2D eigenvalue weighted by molar-refractivity contribution is 5.03. The van der Waals surface area contributed by atoms with Crippen molar-refractivity contribution in [3.63, 3.8) is 0 Å². The fraction of sp³-hybridized carbons (Fsp3) is 0.583. The Morgan fingerprint density at radius 3 is 3.13 bits per heavy atom. The molecule has 3 nitrogen and oxygen atoms in total. The minimum Gasteiger partial charge on any atom is -0.361 e. The van der Waals surface area contributed by atoms with Crippen molar-refractivity contribution in [1.29, 1.82) is 0 Å². The Kier molecular flexibility index (Phi) is 3.56. The second-order valence-corrected chi connectivity index (χ2v) is 4.21. The molecule has 0 spiro atoms. The fourth-order valence-corrected chi connectivity index (χ4v) is 1.95. The molecule has 15 heavy (non-hydrogen) atoms. The molecule has 0 amide bonds. The van der Waals surface area contributed by atoms with Gasteiger partial charge >= 0.3 is 0 Å². The lowest BCUT2D eigenvalue weighted by Gasteiger charge is -2.17. The quantitative estimate of drug-likeness (QED) is 0.769. The maximum Gasteiger partial charge on any atom is 0.133 e. The van der Waals surface area contributed by atoms with Crippen molar-refractivity contribution >= 4 is 0 Å². The Morgan fingerprint density at radius 2 is 2.47 bits per heavy atom. The summed E-state index contributed by atoms with van der Waals surface area (Å²) >= 11 is 0. The lowest BCUT2D eigenvalue weighted by molar-refractivity contribution is 0.383. The van der Waals surface area contributed by atoms with Gasteiger partial charge in [-0.15, -0.1) is 0 Å². The Hall–Kier alpha value is -1.09. The first kappa shape index (κ1) is 10.4. The Bertz CT molecular complexity index is 330. The standard InChI is InChI=1S/C12H18N2O/c1-10-7-12(14-15-10)9-13-8-11-5-3-2-4-6-11/h2-3,7,11,13H,4-6,8-9H2,1H3. The van der Waals surface area contributed by atoms with Crippen LogP contribution in [0.1, 0.15) is 30.7 Å². The van der Waals surface area contributed by atoms with E-state index in [1.54, 1.807) is 0 Å². The normalized spacial score (nSPS) is 20.7. The minimum atomic E-state index is 0.794. The van der Waals surface area contributed by atoms with Gasteiger partial charge in [0.05, 0.1) is 5.69 Å². The van der Waals surface area contributed by atoms with Crippen LogP contribution in [0.3, 0.4) is 0 Å². The summed E-state index contributed by atoms with van der Waals surface area (Å²) < 4.78 is 5.01. The SMILES string of the molecule is Cc1cc(CNCC2CC=CCC2)no1. The Morgan fingerprint density at radius 1 is 1.53 bits per heavy atom. The van der Waals surface area contributed by atoms with Crippen LogP contribution >= 0.6 is 0 Å². The van der Waals surface area contributed by atoms with Crippen molar-refractivity contribution in [3.8, 4) is 0 Å². The second-order valence-electron chi connectivity index (χ2n) is 4.21. The average molecular weight is 206 g/mol. The zero-order valence-electron chi connectivity index (χ0n) is 9.20. The molecule has 3 heteroatoms. The van der Waals surface area contributed by atoms with Gasteiger partial charge in [0, 0.05) is 12.6 Å². The van der Waals surface area contributed by atoms with Gasteiger partial charge < -0.3 is 9.84 Å².